The molecule has 1 saturated heterocycles. The summed E-state index contributed by atoms with van der Waals surface area (Å²) in [5.74, 6) is 0.922. The molecule has 4 rings (SSSR count). The van der Waals surface area contributed by atoms with E-state index in [9.17, 15) is 5.11 Å². The van der Waals surface area contributed by atoms with E-state index < -0.39 is 0 Å². The number of nitrogens with zero attached hydrogens (tertiary/aromatic N) is 3. The molecule has 2 heterocycles. The minimum atomic E-state index is 0.289. The van der Waals surface area contributed by atoms with Crippen molar-refractivity contribution in [2.45, 2.75) is 32.4 Å². The molecule has 2 aromatic carbocycles. The molecular formula is C25H31N5O. The Bertz CT molecular complexity index is 970. The minimum absolute atomic E-state index is 0.289. The summed E-state index contributed by atoms with van der Waals surface area (Å²) in [5, 5.41) is 16.2. The van der Waals surface area contributed by atoms with Gasteiger partial charge in [0.1, 0.15) is 5.75 Å². The highest BCUT2D eigenvalue weighted by molar-refractivity contribution is 5.61. The first kappa shape index (κ1) is 21.3. The molecule has 3 N–H and O–H groups in total. The maximum absolute atomic E-state index is 9.39. The summed E-state index contributed by atoms with van der Waals surface area (Å²) in [6.45, 7) is 7.18. The molecule has 0 bridgehead atoms. The van der Waals surface area contributed by atoms with Crippen LogP contribution in [-0.4, -0.2) is 52.2 Å². The van der Waals surface area contributed by atoms with Crippen LogP contribution < -0.4 is 10.6 Å². The second kappa shape index (κ2) is 10.4. The van der Waals surface area contributed by atoms with Gasteiger partial charge in [-0.25, -0.2) is 9.97 Å². The normalized spacial score (nSPS) is 16.0. The smallest absolute Gasteiger partial charge is 0.223 e. The number of nitrogens with one attached hydrogen (secondary N) is 2. The van der Waals surface area contributed by atoms with Gasteiger partial charge in [-0.15, -0.1) is 0 Å². The van der Waals surface area contributed by atoms with Gasteiger partial charge in [0.15, 0.2) is 0 Å². The van der Waals surface area contributed by atoms with Crippen LogP contribution in [-0.2, 0) is 13.0 Å². The summed E-state index contributed by atoms with van der Waals surface area (Å²) in [6.07, 6.45) is 3.87. The first-order chi connectivity index (χ1) is 15.2. The van der Waals surface area contributed by atoms with Crippen molar-refractivity contribution in [3.63, 3.8) is 0 Å². The van der Waals surface area contributed by atoms with Crippen LogP contribution in [0.2, 0.25) is 0 Å². The van der Waals surface area contributed by atoms with E-state index in [1.807, 2.05) is 18.2 Å². The molecule has 31 heavy (non-hydrogen) atoms. The Hall–Kier alpha value is -2.96. The van der Waals surface area contributed by atoms with Crippen LogP contribution in [0.5, 0.6) is 5.75 Å². The Morgan fingerprint density at radius 2 is 2.00 bits per heavy atom. The van der Waals surface area contributed by atoms with E-state index in [4.69, 9.17) is 4.98 Å². The number of aromatic hydroxyl groups is 1. The standard InChI is InChI=1S/C25H31N5O/c1-2-30(22-11-13-26-17-22)18-20-4-3-5-21(16-20)24-12-15-28-25(29-24)27-14-10-19-6-8-23(31)9-7-19/h3-9,12,15-16,22,26,31H,2,10-11,13-14,17-18H2,1H3,(H,27,28,29). The van der Waals surface area contributed by atoms with Crippen molar-refractivity contribution in [3.05, 3.63) is 71.9 Å². The van der Waals surface area contributed by atoms with Gasteiger partial charge in [-0.2, -0.15) is 0 Å². The summed E-state index contributed by atoms with van der Waals surface area (Å²) in [7, 11) is 0. The van der Waals surface area contributed by atoms with Gasteiger partial charge in [-0.05, 0) is 61.3 Å². The van der Waals surface area contributed by atoms with Crippen molar-refractivity contribution in [3.8, 4) is 17.0 Å². The lowest BCUT2D eigenvalue weighted by Gasteiger charge is -2.27. The second-order valence-corrected chi connectivity index (χ2v) is 8.02. The zero-order valence-electron chi connectivity index (χ0n) is 18.1. The summed E-state index contributed by atoms with van der Waals surface area (Å²) in [6, 6.07) is 18.5. The predicted octanol–water partition coefficient (Wildman–Crippen LogP) is 3.69. The maximum Gasteiger partial charge on any atom is 0.223 e. The number of aromatic nitrogens is 2. The third kappa shape index (κ3) is 5.81. The Morgan fingerprint density at radius 3 is 2.77 bits per heavy atom. The quantitative estimate of drug-likeness (QED) is 0.493. The van der Waals surface area contributed by atoms with E-state index in [2.05, 4.69) is 51.7 Å². The van der Waals surface area contributed by atoms with Gasteiger partial charge in [0.05, 0.1) is 5.69 Å². The zero-order valence-corrected chi connectivity index (χ0v) is 18.1. The van der Waals surface area contributed by atoms with Crippen LogP contribution in [0.25, 0.3) is 11.3 Å². The van der Waals surface area contributed by atoms with Gasteiger partial charge in [-0.1, -0.05) is 37.3 Å². The molecule has 1 atom stereocenters. The molecule has 0 spiro atoms. The van der Waals surface area contributed by atoms with Crippen LogP contribution in [0.4, 0.5) is 5.95 Å². The van der Waals surface area contributed by atoms with E-state index in [1.54, 1.807) is 18.3 Å². The lowest BCUT2D eigenvalue weighted by Crippen LogP contribution is -2.36. The van der Waals surface area contributed by atoms with Gasteiger partial charge in [0, 0.05) is 37.4 Å². The SMILES string of the molecule is CCN(Cc1cccc(-c2ccnc(NCCc3ccc(O)cc3)n2)c1)C1CCNC1. The van der Waals surface area contributed by atoms with Crippen molar-refractivity contribution in [1.82, 2.24) is 20.2 Å². The van der Waals surface area contributed by atoms with Gasteiger partial charge in [0.25, 0.3) is 0 Å². The highest BCUT2D eigenvalue weighted by Gasteiger charge is 2.21. The Labute approximate surface area is 184 Å². The lowest BCUT2D eigenvalue weighted by atomic mass is 10.1. The Balaban J connectivity index is 1.40. The molecule has 0 radical (unpaired) electrons. The topological polar surface area (TPSA) is 73.3 Å². The van der Waals surface area contributed by atoms with E-state index in [0.29, 0.717) is 12.0 Å². The number of benzene rings is 2. The van der Waals surface area contributed by atoms with Gasteiger partial charge in [0.2, 0.25) is 5.95 Å². The summed E-state index contributed by atoms with van der Waals surface area (Å²) < 4.78 is 0. The molecule has 3 aromatic rings. The number of phenols is 1. The number of anilines is 1. The summed E-state index contributed by atoms with van der Waals surface area (Å²) in [5.41, 5.74) is 4.51. The number of hydrogen-bond acceptors (Lipinski definition) is 6. The Morgan fingerprint density at radius 1 is 1.13 bits per heavy atom. The number of rotatable bonds is 9. The molecule has 1 aliphatic heterocycles. The van der Waals surface area contributed by atoms with Gasteiger partial charge >= 0.3 is 0 Å². The minimum Gasteiger partial charge on any atom is -0.508 e. The summed E-state index contributed by atoms with van der Waals surface area (Å²) >= 11 is 0. The monoisotopic (exact) mass is 417 g/mol. The maximum atomic E-state index is 9.39. The number of likely N-dealkylation sites (N-methyl/N-ethyl adjacent to an activating group) is 1. The van der Waals surface area contributed by atoms with E-state index in [1.165, 1.54) is 12.0 Å². The van der Waals surface area contributed by atoms with Crippen LogP contribution >= 0.6 is 0 Å². The molecule has 0 saturated carbocycles. The first-order valence-corrected chi connectivity index (χ1v) is 11.1. The average Bonchev–Trinajstić information content (AvgIpc) is 3.34. The molecule has 1 aromatic heterocycles. The predicted molar refractivity (Wildman–Crippen MR) is 125 cm³/mol. The fourth-order valence-electron chi connectivity index (χ4n) is 4.10. The van der Waals surface area contributed by atoms with E-state index >= 15 is 0 Å². The summed E-state index contributed by atoms with van der Waals surface area (Å²) in [4.78, 5) is 11.6. The molecule has 0 amide bonds. The largest absolute Gasteiger partial charge is 0.508 e. The molecule has 1 unspecified atom stereocenters. The van der Waals surface area contributed by atoms with E-state index in [-0.39, 0.29) is 5.75 Å². The van der Waals surface area contributed by atoms with Crippen LogP contribution in [0.15, 0.2) is 60.8 Å². The van der Waals surface area contributed by atoms with Crippen molar-refractivity contribution in [2.75, 3.05) is 31.5 Å². The fraction of sp³-hybridized carbons (Fsp3) is 0.360. The van der Waals surface area contributed by atoms with Crippen molar-refractivity contribution < 1.29 is 5.11 Å². The lowest BCUT2D eigenvalue weighted by molar-refractivity contribution is 0.210. The first-order valence-electron chi connectivity index (χ1n) is 11.1. The van der Waals surface area contributed by atoms with Crippen LogP contribution in [0, 0.1) is 0 Å². The van der Waals surface area contributed by atoms with Crippen molar-refractivity contribution >= 4 is 5.95 Å². The number of phenolic OH excluding ortho intramolecular Hbond substituents is 1. The zero-order chi connectivity index (χ0) is 21.5. The number of hydrogen-bond donors (Lipinski definition) is 3. The Kier molecular flexibility index (Phi) is 7.12. The molecule has 0 aliphatic carbocycles. The molecule has 6 nitrogen and oxygen atoms in total. The highest BCUT2D eigenvalue weighted by Crippen LogP contribution is 2.21. The molecule has 6 heteroatoms. The molecule has 1 aliphatic rings. The highest BCUT2D eigenvalue weighted by atomic mass is 16.3. The van der Waals surface area contributed by atoms with Crippen molar-refractivity contribution in [2.24, 2.45) is 0 Å². The third-order valence-electron chi connectivity index (χ3n) is 5.85. The third-order valence-corrected chi connectivity index (χ3v) is 5.85. The van der Waals surface area contributed by atoms with E-state index in [0.717, 1.165) is 56.0 Å². The molecule has 162 valence electrons. The molecular weight excluding hydrogens is 386 g/mol. The molecule has 1 fully saturated rings. The second-order valence-electron chi connectivity index (χ2n) is 8.02. The van der Waals surface area contributed by atoms with Crippen molar-refractivity contribution in [1.29, 1.82) is 0 Å². The van der Waals surface area contributed by atoms with Gasteiger partial charge in [-0.3, -0.25) is 4.90 Å². The van der Waals surface area contributed by atoms with Crippen LogP contribution in [0.3, 0.4) is 0 Å². The fourth-order valence-corrected chi connectivity index (χ4v) is 4.10. The average molecular weight is 418 g/mol. The van der Waals surface area contributed by atoms with Gasteiger partial charge < -0.3 is 15.7 Å². The van der Waals surface area contributed by atoms with Crippen LogP contribution in [0.1, 0.15) is 24.5 Å².